The van der Waals surface area contributed by atoms with Crippen molar-refractivity contribution in [3.63, 3.8) is 0 Å². The Morgan fingerprint density at radius 1 is 1.47 bits per heavy atom. The van der Waals surface area contributed by atoms with Crippen LogP contribution in [0.1, 0.15) is 18.2 Å². The molecule has 0 N–H and O–H groups in total. The zero-order valence-corrected chi connectivity index (χ0v) is 12.1. The number of sulfone groups is 1. The van der Waals surface area contributed by atoms with Crippen molar-refractivity contribution in [3.8, 4) is 0 Å². The fraction of sp³-hybridized carbons (Fsp3) is 0.462. The average Bonchev–Trinajstić information content (AvgIpc) is 2.34. The van der Waals surface area contributed by atoms with E-state index in [0.29, 0.717) is 18.1 Å². The monoisotopic (exact) mass is 285 g/mol. The molecule has 1 aromatic rings. The number of ether oxygens (including phenoxy) is 2. The van der Waals surface area contributed by atoms with E-state index in [1.54, 1.807) is 12.3 Å². The molecule has 0 bridgehead atoms. The highest BCUT2D eigenvalue weighted by atomic mass is 32.2. The summed E-state index contributed by atoms with van der Waals surface area (Å²) in [5.74, 6) is 0.541. The van der Waals surface area contributed by atoms with E-state index in [-0.39, 0.29) is 19.0 Å². The van der Waals surface area contributed by atoms with Gasteiger partial charge in [0.2, 0.25) is 0 Å². The summed E-state index contributed by atoms with van der Waals surface area (Å²) in [6, 6.07) is 3.64. The minimum atomic E-state index is -3.00. The fourth-order valence-corrected chi connectivity index (χ4v) is 1.86. The Bertz CT molecular complexity index is 525. The Balaban J connectivity index is 2.61. The van der Waals surface area contributed by atoms with Gasteiger partial charge in [0.25, 0.3) is 0 Å². The van der Waals surface area contributed by atoms with Gasteiger partial charge >= 0.3 is 0 Å². The molecule has 0 spiro atoms. The Labute approximate surface area is 114 Å². The summed E-state index contributed by atoms with van der Waals surface area (Å²) >= 11 is 0. The van der Waals surface area contributed by atoms with Crippen molar-refractivity contribution in [2.45, 2.75) is 13.5 Å². The summed E-state index contributed by atoms with van der Waals surface area (Å²) in [5, 5.41) is 0. The molecule has 0 radical (unpaired) electrons. The molecule has 0 fully saturated rings. The van der Waals surface area contributed by atoms with Crippen LogP contribution < -0.4 is 0 Å². The maximum Gasteiger partial charge on any atom is 0.149 e. The molecule has 1 rings (SSSR count). The fourth-order valence-electron chi connectivity index (χ4n) is 1.44. The van der Waals surface area contributed by atoms with Crippen molar-refractivity contribution in [1.29, 1.82) is 0 Å². The molecular formula is C13H19NO4S. The Hall–Kier alpha value is -1.40. The maximum atomic E-state index is 11.0. The Morgan fingerprint density at radius 2 is 2.21 bits per heavy atom. The molecule has 0 aliphatic rings. The summed E-state index contributed by atoms with van der Waals surface area (Å²) in [6.45, 7) is 6.62. The van der Waals surface area contributed by atoms with E-state index in [2.05, 4.69) is 11.6 Å². The molecule has 0 saturated heterocycles. The van der Waals surface area contributed by atoms with Crippen LogP contribution in [0.2, 0.25) is 0 Å². The number of hydrogen-bond acceptors (Lipinski definition) is 5. The molecule has 0 saturated carbocycles. The lowest BCUT2D eigenvalue weighted by atomic mass is 10.2. The van der Waals surface area contributed by atoms with E-state index in [4.69, 9.17) is 9.47 Å². The number of aromatic nitrogens is 1. The van der Waals surface area contributed by atoms with E-state index < -0.39 is 9.84 Å². The van der Waals surface area contributed by atoms with Crippen molar-refractivity contribution < 1.29 is 17.9 Å². The van der Waals surface area contributed by atoms with E-state index in [1.807, 2.05) is 13.0 Å². The molecule has 1 aromatic heterocycles. The highest BCUT2D eigenvalue weighted by molar-refractivity contribution is 7.90. The lowest BCUT2D eigenvalue weighted by Gasteiger charge is -2.11. The molecular weight excluding hydrogens is 266 g/mol. The second kappa shape index (κ2) is 7.25. The predicted octanol–water partition coefficient (Wildman–Crippen LogP) is 1.65. The van der Waals surface area contributed by atoms with Gasteiger partial charge in [-0.05, 0) is 19.1 Å². The molecule has 0 unspecified atom stereocenters. The first-order valence-electron chi connectivity index (χ1n) is 5.95. The first kappa shape index (κ1) is 15.7. The van der Waals surface area contributed by atoms with Crippen LogP contribution in [-0.2, 0) is 25.9 Å². The van der Waals surface area contributed by atoms with Crippen LogP contribution in [-0.4, -0.2) is 38.6 Å². The second-order valence-corrected chi connectivity index (χ2v) is 6.30. The molecule has 0 aromatic carbocycles. The third-order valence-corrected chi connectivity index (χ3v) is 3.25. The van der Waals surface area contributed by atoms with E-state index in [1.165, 1.54) is 6.26 Å². The van der Waals surface area contributed by atoms with Gasteiger partial charge in [-0.25, -0.2) is 8.42 Å². The lowest BCUT2D eigenvalue weighted by molar-refractivity contribution is 0.132. The van der Waals surface area contributed by atoms with Crippen LogP contribution in [0.25, 0.3) is 5.76 Å². The van der Waals surface area contributed by atoms with Crippen LogP contribution in [0, 0.1) is 0 Å². The molecule has 0 aliphatic heterocycles. The molecule has 0 amide bonds. The predicted molar refractivity (Wildman–Crippen MR) is 74.3 cm³/mol. The van der Waals surface area contributed by atoms with Gasteiger partial charge in [0.05, 0.1) is 31.3 Å². The first-order chi connectivity index (χ1) is 8.94. The van der Waals surface area contributed by atoms with Gasteiger partial charge in [-0.3, -0.25) is 4.98 Å². The van der Waals surface area contributed by atoms with Gasteiger partial charge in [-0.2, -0.15) is 0 Å². The summed E-state index contributed by atoms with van der Waals surface area (Å²) in [5.41, 5.74) is 1.47. The van der Waals surface area contributed by atoms with Crippen molar-refractivity contribution in [2.75, 3.05) is 25.2 Å². The molecule has 0 atom stereocenters. The summed E-state index contributed by atoms with van der Waals surface area (Å²) in [4.78, 5) is 4.20. The second-order valence-electron chi connectivity index (χ2n) is 4.04. The molecule has 6 heteroatoms. The highest BCUT2D eigenvalue weighted by Gasteiger charge is 2.08. The van der Waals surface area contributed by atoms with Gasteiger partial charge < -0.3 is 9.47 Å². The van der Waals surface area contributed by atoms with Crippen molar-refractivity contribution in [2.24, 2.45) is 0 Å². The largest absolute Gasteiger partial charge is 0.494 e. The first-order valence-corrected chi connectivity index (χ1v) is 8.01. The van der Waals surface area contributed by atoms with Crippen LogP contribution in [0.5, 0.6) is 0 Å². The topological polar surface area (TPSA) is 65.5 Å². The van der Waals surface area contributed by atoms with Crippen molar-refractivity contribution in [3.05, 3.63) is 36.2 Å². The van der Waals surface area contributed by atoms with Gasteiger partial charge in [0.1, 0.15) is 15.6 Å². The average molecular weight is 285 g/mol. The number of pyridine rings is 1. The quantitative estimate of drug-likeness (QED) is 0.537. The summed E-state index contributed by atoms with van der Waals surface area (Å²) in [6.07, 6.45) is 2.83. The minimum absolute atomic E-state index is 0.00156. The van der Waals surface area contributed by atoms with E-state index in [0.717, 1.165) is 5.56 Å². The lowest BCUT2D eigenvalue weighted by Crippen LogP contribution is -2.11. The smallest absolute Gasteiger partial charge is 0.149 e. The molecule has 0 aliphatic carbocycles. The van der Waals surface area contributed by atoms with Crippen LogP contribution in [0.15, 0.2) is 24.9 Å². The van der Waals surface area contributed by atoms with E-state index in [9.17, 15) is 8.42 Å². The molecule has 5 nitrogen and oxygen atoms in total. The zero-order chi connectivity index (χ0) is 14.3. The number of nitrogens with zero attached hydrogens (tertiary/aromatic N) is 1. The maximum absolute atomic E-state index is 11.0. The summed E-state index contributed by atoms with van der Waals surface area (Å²) in [7, 11) is -3.00. The number of hydrogen-bond donors (Lipinski definition) is 0. The third kappa shape index (κ3) is 5.85. The molecule has 106 valence electrons. The Kier molecular flexibility index (Phi) is 5.98. The van der Waals surface area contributed by atoms with Gasteiger partial charge in [0.15, 0.2) is 0 Å². The SMILES string of the molecule is C=C(OCC)c1cccnc1COCCS(C)(=O)=O. The standard InChI is InChI=1S/C13H19NO4S/c1-4-18-11(2)12-6-5-7-14-13(12)10-17-8-9-19(3,15)16/h5-7H,2,4,8-10H2,1,3H3. The van der Waals surface area contributed by atoms with Crippen LogP contribution >= 0.6 is 0 Å². The summed E-state index contributed by atoms with van der Waals surface area (Å²) < 4.78 is 32.6. The Morgan fingerprint density at radius 3 is 2.84 bits per heavy atom. The molecule has 1 heterocycles. The van der Waals surface area contributed by atoms with Gasteiger partial charge in [0, 0.05) is 18.0 Å². The molecule has 19 heavy (non-hydrogen) atoms. The van der Waals surface area contributed by atoms with Crippen LogP contribution in [0.4, 0.5) is 0 Å². The van der Waals surface area contributed by atoms with Gasteiger partial charge in [-0.1, -0.05) is 6.58 Å². The van der Waals surface area contributed by atoms with Crippen molar-refractivity contribution in [1.82, 2.24) is 4.98 Å². The number of rotatable bonds is 8. The highest BCUT2D eigenvalue weighted by Crippen LogP contribution is 2.17. The zero-order valence-electron chi connectivity index (χ0n) is 11.3. The van der Waals surface area contributed by atoms with Crippen molar-refractivity contribution >= 4 is 15.6 Å². The minimum Gasteiger partial charge on any atom is -0.494 e. The van der Waals surface area contributed by atoms with E-state index >= 15 is 0 Å². The third-order valence-electron chi connectivity index (χ3n) is 2.35. The van der Waals surface area contributed by atoms with Gasteiger partial charge in [-0.15, -0.1) is 0 Å². The van der Waals surface area contributed by atoms with Crippen LogP contribution in [0.3, 0.4) is 0 Å². The normalized spacial score (nSPS) is 11.3.